The molecule has 0 saturated heterocycles. The molecule has 2 nitrogen and oxygen atoms in total. The maximum absolute atomic E-state index is 12.7. The van der Waals surface area contributed by atoms with Gasteiger partial charge < -0.3 is 4.74 Å². The van der Waals surface area contributed by atoms with Crippen molar-refractivity contribution in [3.8, 4) is 5.75 Å². The highest BCUT2D eigenvalue weighted by atomic mass is 19.4. The van der Waals surface area contributed by atoms with E-state index in [-0.39, 0.29) is 0 Å². The van der Waals surface area contributed by atoms with Crippen LogP contribution in [0.3, 0.4) is 0 Å². The third-order valence-electron chi connectivity index (χ3n) is 1.33. The molecule has 1 aromatic rings. The Morgan fingerprint density at radius 1 is 1.20 bits per heavy atom. The van der Waals surface area contributed by atoms with E-state index in [0.29, 0.717) is 18.2 Å². The summed E-state index contributed by atoms with van der Waals surface area (Å²) in [4.78, 5) is 10.3. The molecule has 0 aromatic heterocycles. The van der Waals surface area contributed by atoms with Gasteiger partial charge in [-0.2, -0.15) is 13.2 Å². The quantitative estimate of drug-likeness (QED) is 0.417. The largest absolute Gasteiger partial charge is 0.491 e. The molecule has 1 aromatic carbocycles. The fraction of sp³-hybridized carbons (Fsp3) is 0.125. The lowest BCUT2D eigenvalue weighted by atomic mass is 10.3. The number of hydrogen-bond acceptors (Lipinski definition) is 2. The predicted molar refractivity (Wildman–Crippen MR) is 38.0 cm³/mol. The van der Waals surface area contributed by atoms with E-state index in [4.69, 9.17) is 0 Å². The summed E-state index contributed by atoms with van der Waals surface area (Å²) in [5.41, 5.74) is 0. The van der Waals surface area contributed by atoms with E-state index in [9.17, 15) is 26.7 Å². The number of alkyl halides is 3. The summed E-state index contributed by atoms with van der Waals surface area (Å²) in [6.45, 7) is 0. The number of hydrogen-bond donors (Lipinski definition) is 0. The van der Waals surface area contributed by atoms with Gasteiger partial charge in [-0.1, -0.05) is 0 Å². The number of rotatable bonds is 1. The number of esters is 1. The van der Waals surface area contributed by atoms with Crippen molar-refractivity contribution >= 4 is 5.97 Å². The van der Waals surface area contributed by atoms with Gasteiger partial charge in [-0.15, -0.1) is 0 Å². The van der Waals surface area contributed by atoms with Crippen molar-refractivity contribution < 1.29 is 31.5 Å². The fourth-order valence-electron chi connectivity index (χ4n) is 0.713. The summed E-state index contributed by atoms with van der Waals surface area (Å²) in [6.07, 6.45) is -5.25. The molecule has 15 heavy (non-hydrogen) atoms. The molecule has 0 spiro atoms. The van der Waals surface area contributed by atoms with Gasteiger partial charge in [0.2, 0.25) is 0 Å². The Kier molecular flexibility index (Phi) is 2.92. The second-order valence-corrected chi connectivity index (χ2v) is 2.46. The Bertz CT molecular complexity index is 385. The van der Waals surface area contributed by atoms with Crippen LogP contribution in [0.4, 0.5) is 22.0 Å². The molecule has 7 heteroatoms. The summed E-state index contributed by atoms with van der Waals surface area (Å²) in [5, 5.41) is 0. The van der Waals surface area contributed by atoms with Crippen LogP contribution in [0.15, 0.2) is 18.2 Å². The predicted octanol–water partition coefficient (Wildman–Crippen LogP) is 2.43. The minimum absolute atomic E-state index is 0.346. The average molecular weight is 226 g/mol. The third-order valence-corrected chi connectivity index (χ3v) is 1.33. The lowest BCUT2D eigenvalue weighted by molar-refractivity contribution is -0.189. The molecular formula is C8H3F5O2. The SMILES string of the molecule is O=C(Oc1cc(F)ccc1F)C(F)(F)F. The molecule has 0 saturated carbocycles. The van der Waals surface area contributed by atoms with E-state index >= 15 is 0 Å². The standard InChI is InChI=1S/C8H3F5O2/c9-4-1-2-5(10)6(3-4)15-7(14)8(11,12)13/h1-3H. The number of carbonyl (C=O) groups is 1. The van der Waals surface area contributed by atoms with Crippen molar-refractivity contribution in [2.24, 2.45) is 0 Å². The van der Waals surface area contributed by atoms with E-state index < -0.39 is 29.5 Å². The number of carbonyl (C=O) groups excluding carboxylic acids is 1. The molecule has 0 bridgehead atoms. The topological polar surface area (TPSA) is 26.3 Å². The first-order valence-corrected chi connectivity index (χ1v) is 3.55. The van der Waals surface area contributed by atoms with Gasteiger partial charge >= 0.3 is 12.1 Å². The smallest absolute Gasteiger partial charge is 0.417 e. The molecule has 0 heterocycles. The van der Waals surface area contributed by atoms with Crippen LogP contribution in [0.25, 0.3) is 0 Å². The third kappa shape index (κ3) is 2.90. The van der Waals surface area contributed by atoms with Gasteiger partial charge in [0.25, 0.3) is 0 Å². The maximum atomic E-state index is 12.7. The fourth-order valence-corrected chi connectivity index (χ4v) is 0.713. The molecule has 0 aliphatic rings. The van der Waals surface area contributed by atoms with E-state index in [1.165, 1.54) is 0 Å². The van der Waals surface area contributed by atoms with Crippen molar-refractivity contribution in [2.75, 3.05) is 0 Å². The van der Waals surface area contributed by atoms with Crippen LogP contribution >= 0.6 is 0 Å². The van der Waals surface area contributed by atoms with E-state index in [1.54, 1.807) is 0 Å². The number of ether oxygens (including phenoxy) is 1. The second kappa shape index (κ2) is 3.84. The van der Waals surface area contributed by atoms with Crippen LogP contribution in [0, 0.1) is 11.6 Å². The van der Waals surface area contributed by atoms with Crippen molar-refractivity contribution in [3.63, 3.8) is 0 Å². The van der Waals surface area contributed by atoms with E-state index in [1.807, 2.05) is 0 Å². The summed E-state index contributed by atoms with van der Waals surface area (Å²) in [6, 6.07) is 1.58. The first kappa shape index (κ1) is 11.4. The molecule has 0 aliphatic carbocycles. The van der Waals surface area contributed by atoms with Gasteiger partial charge in [0.15, 0.2) is 11.6 Å². The Morgan fingerprint density at radius 2 is 1.80 bits per heavy atom. The Labute approximate surface area is 80.3 Å². The molecule has 0 fully saturated rings. The minimum atomic E-state index is -5.25. The molecule has 0 N–H and O–H groups in total. The first-order valence-electron chi connectivity index (χ1n) is 3.55. The first-order chi connectivity index (χ1) is 6.80. The van der Waals surface area contributed by atoms with Crippen LogP contribution < -0.4 is 4.74 Å². The normalized spacial score (nSPS) is 11.3. The van der Waals surface area contributed by atoms with Crippen LogP contribution in [0.1, 0.15) is 0 Å². The van der Waals surface area contributed by atoms with Gasteiger partial charge in [0.05, 0.1) is 0 Å². The highest BCUT2D eigenvalue weighted by molar-refractivity contribution is 5.78. The number of benzene rings is 1. The van der Waals surface area contributed by atoms with Gasteiger partial charge in [-0.05, 0) is 12.1 Å². The summed E-state index contributed by atoms with van der Waals surface area (Å²) in [7, 11) is 0. The zero-order valence-electron chi connectivity index (χ0n) is 6.94. The molecule has 1 rings (SSSR count). The molecule has 0 radical (unpaired) electrons. The van der Waals surface area contributed by atoms with Gasteiger partial charge in [0, 0.05) is 6.07 Å². The zero-order valence-corrected chi connectivity index (χ0v) is 6.94. The van der Waals surface area contributed by atoms with Crippen LogP contribution in [-0.4, -0.2) is 12.1 Å². The molecule has 0 aliphatic heterocycles. The summed E-state index contributed by atoms with van der Waals surface area (Å²) >= 11 is 0. The van der Waals surface area contributed by atoms with Crippen LogP contribution in [0.2, 0.25) is 0 Å². The van der Waals surface area contributed by atoms with Crippen LogP contribution in [0.5, 0.6) is 5.75 Å². The Morgan fingerprint density at radius 3 is 2.33 bits per heavy atom. The Hall–Kier alpha value is -1.66. The van der Waals surface area contributed by atoms with Gasteiger partial charge in [-0.25, -0.2) is 13.6 Å². The second-order valence-electron chi connectivity index (χ2n) is 2.46. The lowest BCUT2D eigenvalue weighted by Gasteiger charge is -2.07. The Balaban J connectivity index is 2.90. The van der Waals surface area contributed by atoms with Crippen molar-refractivity contribution in [3.05, 3.63) is 29.8 Å². The van der Waals surface area contributed by atoms with Gasteiger partial charge in [-0.3, -0.25) is 0 Å². The molecule has 82 valence electrons. The van der Waals surface area contributed by atoms with E-state index in [0.717, 1.165) is 0 Å². The number of halogens is 5. The highest BCUT2D eigenvalue weighted by Gasteiger charge is 2.41. The minimum Gasteiger partial charge on any atom is -0.417 e. The highest BCUT2D eigenvalue weighted by Crippen LogP contribution is 2.23. The monoisotopic (exact) mass is 226 g/mol. The molecule has 0 unspecified atom stereocenters. The van der Waals surface area contributed by atoms with Crippen molar-refractivity contribution in [2.45, 2.75) is 6.18 Å². The molecule has 0 atom stereocenters. The summed E-state index contributed by atoms with van der Waals surface area (Å²) < 4.78 is 63.8. The van der Waals surface area contributed by atoms with Crippen molar-refractivity contribution in [1.82, 2.24) is 0 Å². The maximum Gasteiger partial charge on any atom is 0.491 e. The zero-order chi connectivity index (χ0) is 11.6. The van der Waals surface area contributed by atoms with Gasteiger partial charge in [0.1, 0.15) is 5.82 Å². The molecule has 0 amide bonds. The molecular weight excluding hydrogens is 223 g/mol. The van der Waals surface area contributed by atoms with E-state index in [2.05, 4.69) is 4.74 Å². The van der Waals surface area contributed by atoms with Crippen LogP contribution in [-0.2, 0) is 4.79 Å². The average Bonchev–Trinajstić information content (AvgIpc) is 2.09. The van der Waals surface area contributed by atoms with Crippen molar-refractivity contribution in [1.29, 1.82) is 0 Å². The summed E-state index contributed by atoms with van der Waals surface area (Å²) in [5.74, 6) is -5.97. The lowest BCUT2D eigenvalue weighted by Crippen LogP contribution is -2.28.